The number of benzene rings is 1. The van der Waals surface area contributed by atoms with E-state index in [1.165, 1.54) is 29.8 Å². The molecule has 6 nitrogen and oxygen atoms in total. The van der Waals surface area contributed by atoms with Crippen LogP contribution in [0, 0.1) is 0 Å². The first-order chi connectivity index (χ1) is 16.4. The Morgan fingerprint density at radius 2 is 2.03 bits per heavy atom. The van der Waals surface area contributed by atoms with Crippen LogP contribution in [-0.2, 0) is 9.53 Å². The molecule has 34 heavy (non-hydrogen) atoms. The lowest BCUT2D eigenvalue weighted by Gasteiger charge is -2.22. The van der Waals surface area contributed by atoms with Crippen molar-refractivity contribution in [2.75, 3.05) is 7.11 Å². The summed E-state index contributed by atoms with van der Waals surface area (Å²) in [5, 5.41) is 2.72. The number of methoxy groups -OCH3 is 1. The molecule has 172 valence electrons. The van der Waals surface area contributed by atoms with Crippen LogP contribution >= 0.6 is 45.9 Å². The number of hydrogen-bond donors (Lipinski definition) is 0. The summed E-state index contributed by atoms with van der Waals surface area (Å²) in [4.78, 5) is 32.0. The van der Waals surface area contributed by atoms with Gasteiger partial charge in [0.05, 0.1) is 33.0 Å². The molecule has 0 spiro atoms. The topological polar surface area (TPSA) is 73.8 Å². The minimum Gasteiger partial charge on any atom is -0.466 e. The highest BCUT2D eigenvalue weighted by molar-refractivity contribution is 7.10. The van der Waals surface area contributed by atoms with Crippen LogP contribution in [0.5, 0.6) is 0 Å². The van der Waals surface area contributed by atoms with E-state index in [1.807, 2.05) is 23.6 Å². The molecule has 0 N–H and O–H groups in total. The molecule has 3 aromatic heterocycles. The quantitative estimate of drug-likeness (QED) is 0.346. The molecule has 1 aromatic carbocycles. The van der Waals surface area contributed by atoms with Crippen LogP contribution in [0.15, 0.2) is 73.3 Å². The summed E-state index contributed by atoms with van der Waals surface area (Å²) in [6.45, 7) is 1.75. The van der Waals surface area contributed by atoms with E-state index in [9.17, 15) is 9.59 Å². The Morgan fingerprint density at radius 1 is 1.21 bits per heavy atom. The second-order valence-electron chi connectivity index (χ2n) is 7.39. The maximum Gasteiger partial charge on any atom is 0.338 e. The Balaban J connectivity index is 1.64. The molecule has 1 unspecified atom stereocenters. The molecule has 0 radical (unpaired) electrons. The zero-order valence-corrected chi connectivity index (χ0v) is 21.0. The molecular formula is C24H16Cl2N2O4S2. The van der Waals surface area contributed by atoms with E-state index in [0.717, 1.165) is 4.88 Å². The normalized spacial score (nSPS) is 15.9. The maximum absolute atomic E-state index is 13.5. The van der Waals surface area contributed by atoms with Crippen LogP contribution in [0.25, 0.3) is 17.4 Å². The fourth-order valence-corrected chi connectivity index (χ4v) is 6.05. The van der Waals surface area contributed by atoms with Crippen molar-refractivity contribution < 1.29 is 13.9 Å². The van der Waals surface area contributed by atoms with Gasteiger partial charge in [-0.25, -0.2) is 9.79 Å². The van der Waals surface area contributed by atoms with Crippen molar-refractivity contribution in [2.45, 2.75) is 13.0 Å². The van der Waals surface area contributed by atoms with E-state index < -0.39 is 12.0 Å². The zero-order chi connectivity index (χ0) is 24.0. The molecule has 0 amide bonds. The summed E-state index contributed by atoms with van der Waals surface area (Å²) in [6, 6.07) is 12.0. The van der Waals surface area contributed by atoms with Crippen LogP contribution in [-0.4, -0.2) is 17.6 Å². The summed E-state index contributed by atoms with van der Waals surface area (Å²) < 4.78 is 12.9. The third kappa shape index (κ3) is 3.86. The first-order valence-corrected chi connectivity index (χ1v) is 12.5. The molecule has 5 rings (SSSR count). The summed E-state index contributed by atoms with van der Waals surface area (Å²) in [7, 11) is 1.32. The van der Waals surface area contributed by atoms with E-state index in [2.05, 4.69) is 4.99 Å². The van der Waals surface area contributed by atoms with Crippen molar-refractivity contribution in [1.82, 2.24) is 4.57 Å². The molecule has 0 aliphatic carbocycles. The number of furan rings is 1. The minimum atomic E-state index is -0.608. The smallest absolute Gasteiger partial charge is 0.338 e. The van der Waals surface area contributed by atoms with Crippen LogP contribution in [0.3, 0.4) is 0 Å². The summed E-state index contributed by atoms with van der Waals surface area (Å²) in [5.74, 6) is 0.503. The molecule has 1 aliphatic rings. The fraction of sp³-hybridized carbons (Fsp3) is 0.125. The third-order valence-electron chi connectivity index (χ3n) is 5.36. The van der Waals surface area contributed by atoms with E-state index >= 15 is 0 Å². The molecule has 0 saturated carbocycles. The molecule has 0 bridgehead atoms. The zero-order valence-electron chi connectivity index (χ0n) is 17.9. The van der Waals surface area contributed by atoms with Gasteiger partial charge in [-0.15, -0.1) is 11.3 Å². The number of halogens is 2. The van der Waals surface area contributed by atoms with Crippen molar-refractivity contribution in [3.05, 3.63) is 99.5 Å². The lowest BCUT2D eigenvalue weighted by molar-refractivity contribution is -0.136. The number of aromatic nitrogens is 1. The Bertz CT molecular complexity index is 1630. The highest BCUT2D eigenvalue weighted by Crippen LogP contribution is 2.35. The average Bonchev–Trinajstić information content (AvgIpc) is 3.56. The molecule has 4 aromatic rings. The second kappa shape index (κ2) is 9.03. The molecule has 1 aliphatic heterocycles. The molecule has 1 atom stereocenters. The van der Waals surface area contributed by atoms with Crippen molar-refractivity contribution in [1.29, 1.82) is 0 Å². The highest BCUT2D eigenvalue weighted by atomic mass is 35.5. The van der Waals surface area contributed by atoms with Gasteiger partial charge < -0.3 is 9.15 Å². The number of esters is 1. The van der Waals surface area contributed by atoms with Gasteiger partial charge in [-0.3, -0.25) is 9.36 Å². The van der Waals surface area contributed by atoms with Gasteiger partial charge in [0, 0.05) is 16.5 Å². The van der Waals surface area contributed by atoms with E-state index in [4.69, 9.17) is 32.4 Å². The Labute approximate surface area is 211 Å². The Morgan fingerprint density at radius 3 is 2.76 bits per heavy atom. The predicted octanol–water partition coefficient (Wildman–Crippen LogP) is 5.04. The van der Waals surface area contributed by atoms with Crippen LogP contribution in [0.4, 0.5) is 0 Å². The van der Waals surface area contributed by atoms with Gasteiger partial charge in [-0.05, 0) is 42.6 Å². The average molecular weight is 531 g/mol. The van der Waals surface area contributed by atoms with Gasteiger partial charge in [0.2, 0.25) is 0 Å². The van der Waals surface area contributed by atoms with Crippen LogP contribution in [0.2, 0.25) is 10.0 Å². The van der Waals surface area contributed by atoms with Gasteiger partial charge in [0.25, 0.3) is 5.56 Å². The summed E-state index contributed by atoms with van der Waals surface area (Å²) in [5.41, 5.74) is 1.26. The molecule has 10 heteroatoms. The maximum atomic E-state index is 13.5. The number of hydrogen-bond acceptors (Lipinski definition) is 7. The van der Waals surface area contributed by atoms with Crippen molar-refractivity contribution >= 4 is 57.9 Å². The molecule has 0 fully saturated rings. The standard InChI is InChI=1S/C24H16Cl2N2O4S2/c1-12-19(23(30)31-2)21(17-7-4-10-33-17)28-22(29)18(34-24(28)27-12)11-13-8-9-16(32-13)14-5-3-6-15(25)20(14)26/h3-11,21H,1-2H3/b18-11+. The number of nitrogens with zero attached hydrogens (tertiary/aromatic N) is 2. The van der Waals surface area contributed by atoms with Crippen LogP contribution in [0.1, 0.15) is 23.6 Å². The number of rotatable bonds is 4. The summed E-state index contributed by atoms with van der Waals surface area (Å²) in [6.07, 6.45) is 1.66. The molecule has 4 heterocycles. The van der Waals surface area contributed by atoms with Gasteiger partial charge in [-0.2, -0.15) is 0 Å². The number of carbonyl (C=O) groups is 1. The second-order valence-corrected chi connectivity index (χ2v) is 10.2. The Kier molecular flexibility index (Phi) is 6.07. The van der Waals surface area contributed by atoms with E-state index in [-0.39, 0.29) is 5.56 Å². The van der Waals surface area contributed by atoms with Gasteiger partial charge in [0.15, 0.2) is 4.80 Å². The third-order valence-corrected chi connectivity index (χ3v) is 8.08. The SMILES string of the molecule is COC(=O)C1=C(C)N=c2s/c(=C/c3ccc(-c4cccc(Cl)c4Cl)o3)c(=O)n2C1c1cccs1. The lowest BCUT2D eigenvalue weighted by Crippen LogP contribution is -2.39. The number of thiazole rings is 1. The van der Waals surface area contributed by atoms with Gasteiger partial charge in [-0.1, -0.05) is 46.7 Å². The molecular weight excluding hydrogens is 515 g/mol. The molecule has 0 saturated heterocycles. The van der Waals surface area contributed by atoms with E-state index in [0.29, 0.717) is 47.7 Å². The first-order valence-electron chi connectivity index (χ1n) is 10.1. The minimum absolute atomic E-state index is 0.269. The Hall–Kier alpha value is -2.91. The van der Waals surface area contributed by atoms with Gasteiger partial charge in [0.1, 0.15) is 17.6 Å². The number of ether oxygens (including phenoxy) is 1. The number of fused-ring (bicyclic) bond motifs is 1. The number of thiophene rings is 1. The van der Waals surface area contributed by atoms with Gasteiger partial charge >= 0.3 is 5.97 Å². The number of carbonyl (C=O) groups excluding carboxylic acids is 1. The summed E-state index contributed by atoms with van der Waals surface area (Å²) >= 11 is 15.1. The highest BCUT2D eigenvalue weighted by Gasteiger charge is 2.33. The fourth-order valence-electron chi connectivity index (χ4n) is 3.81. The van der Waals surface area contributed by atoms with Crippen molar-refractivity contribution in [3.63, 3.8) is 0 Å². The largest absolute Gasteiger partial charge is 0.466 e. The van der Waals surface area contributed by atoms with Crippen LogP contribution < -0.4 is 14.9 Å². The number of allylic oxidation sites excluding steroid dienone is 1. The first kappa shape index (κ1) is 22.9. The van der Waals surface area contributed by atoms with Crippen molar-refractivity contribution in [2.24, 2.45) is 4.99 Å². The lowest BCUT2D eigenvalue weighted by atomic mass is 10.0. The van der Waals surface area contributed by atoms with E-state index in [1.54, 1.807) is 41.8 Å². The monoisotopic (exact) mass is 530 g/mol. The predicted molar refractivity (Wildman–Crippen MR) is 134 cm³/mol. The van der Waals surface area contributed by atoms with Crippen molar-refractivity contribution in [3.8, 4) is 11.3 Å².